The average Bonchev–Trinajstić information content (AvgIpc) is 2.50. The molecule has 1 fully saturated rings. The number of hydrogen-bond donors (Lipinski definition) is 2. The van der Waals surface area contributed by atoms with Crippen molar-refractivity contribution in [2.75, 3.05) is 24.7 Å². The fourth-order valence-electron chi connectivity index (χ4n) is 2.82. The Labute approximate surface area is 133 Å². The molecule has 2 N–H and O–H groups in total. The van der Waals surface area contributed by atoms with Crippen molar-refractivity contribution in [1.82, 2.24) is 0 Å². The normalized spacial score (nSPS) is 15.2. The lowest BCUT2D eigenvalue weighted by molar-refractivity contribution is -0.464. The van der Waals surface area contributed by atoms with Gasteiger partial charge in [-0.2, -0.15) is 0 Å². The van der Waals surface area contributed by atoms with Crippen molar-refractivity contribution in [3.63, 3.8) is 0 Å². The quantitative estimate of drug-likeness (QED) is 0.506. The molecule has 0 radical (unpaired) electrons. The first kappa shape index (κ1) is 16.5. The highest BCUT2D eigenvalue weighted by atomic mass is 16.1. The fourth-order valence-corrected chi connectivity index (χ4v) is 2.82. The Kier molecular flexibility index (Phi) is 5.99. The van der Waals surface area contributed by atoms with Gasteiger partial charge < -0.3 is 5.32 Å². The van der Waals surface area contributed by atoms with E-state index in [1.165, 1.54) is 32.1 Å². The molecule has 0 atom stereocenters. The molecule has 120 valence electrons. The minimum absolute atomic E-state index is 0.142. The lowest BCUT2D eigenvalue weighted by atomic mass is 9.87. The summed E-state index contributed by atoms with van der Waals surface area (Å²) < 4.78 is 2.03. The van der Waals surface area contributed by atoms with Crippen LogP contribution in [0.3, 0.4) is 0 Å². The number of anilines is 2. The van der Waals surface area contributed by atoms with E-state index >= 15 is 0 Å². The molecule has 1 saturated carbocycles. The zero-order valence-corrected chi connectivity index (χ0v) is 14.0. The molecule has 4 nitrogen and oxygen atoms in total. The largest absolute Gasteiger partial charge is 0.326 e. The van der Waals surface area contributed by atoms with Crippen LogP contribution in [-0.2, 0) is 4.79 Å². The highest BCUT2D eigenvalue weighted by molar-refractivity contribution is 5.92. The second-order valence-electron chi connectivity index (χ2n) is 6.44. The van der Waals surface area contributed by atoms with Crippen LogP contribution in [0.5, 0.6) is 0 Å². The van der Waals surface area contributed by atoms with Crippen LogP contribution in [0, 0.1) is 5.92 Å². The van der Waals surface area contributed by atoms with Crippen LogP contribution >= 0.6 is 0 Å². The molecule has 1 aromatic rings. The summed E-state index contributed by atoms with van der Waals surface area (Å²) in [5, 5.41) is 6.33. The maximum atomic E-state index is 12.1. The van der Waals surface area contributed by atoms with E-state index in [9.17, 15) is 4.79 Å². The number of carbonyl (C=O) groups excluding carboxylic acids is 1. The van der Waals surface area contributed by atoms with E-state index in [1.807, 2.05) is 49.9 Å². The summed E-state index contributed by atoms with van der Waals surface area (Å²) in [4.78, 5) is 12.1. The lowest BCUT2D eigenvalue weighted by Crippen LogP contribution is -2.19. The molecular weight excluding hydrogens is 274 g/mol. The lowest BCUT2D eigenvalue weighted by Gasteiger charge is -2.20. The van der Waals surface area contributed by atoms with Crippen molar-refractivity contribution >= 4 is 23.1 Å². The average molecular weight is 302 g/mol. The molecule has 0 unspecified atom stereocenters. The molecule has 0 aromatic heterocycles. The van der Waals surface area contributed by atoms with Crippen LogP contribution in [0.25, 0.3) is 0 Å². The third-order valence-corrected chi connectivity index (χ3v) is 4.36. The number of amidine groups is 1. The van der Waals surface area contributed by atoms with Crippen LogP contribution < -0.4 is 10.6 Å². The summed E-state index contributed by atoms with van der Waals surface area (Å²) in [5.74, 6) is 1.80. The van der Waals surface area contributed by atoms with Gasteiger partial charge >= 0.3 is 0 Å². The standard InChI is InChI=1S/C18H27N3O/c1-14(21(2)3)19-16-9-11-17(12-10-16)20-18(22)13-15-7-5-4-6-8-15/h9-12,15H,4-8,13H2,1-3H3,(H,20,22)/p+1. The molecule has 0 aliphatic heterocycles. The molecule has 22 heavy (non-hydrogen) atoms. The summed E-state index contributed by atoms with van der Waals surface area (Å²) in [6.45, 7) is 2.03. The van der Waals surface area contributed by atoms with Crippen molar-refractivity contribution in [3.05, 3.63) is 24.3 Å². The van der Waals surface area contributed by atoms with E-state index in [-0.39, 0.29) is 5.91 Å². The Morgan fingerprint density at radius 1 is 1.05 bits per heavy atom. The summed E-state index contributed by atoms with van der Waals surface area (Å²) in [6, 6.07) is 7.88. The molecule has 0 heterocycles. The van der Waals surface area contributed by atoms with E-state index in [0.29, 0.717) is 12.3 Å². The van der Waals surface area contributed by atoms with Gasteiger partial charge in [0.1, 0.15) is 5.69 Å². The van der Waals surface area contributed by atoms with Gasteiger partial charge in [0.15, 0.2) is 0 Å². The number of nitrogens with zero attached hydrogens (tertiary/aromatic N) is 1. The number of hydrogen-bond acceptors (Lipinski definition) is 1. The Balaban J connectivity index is 1.85. The van der Waals surface area contributed by atoms with Crippen molar-refractivity contribution in [3.8, 4) is 0 Å². The predicted octanol–water partition coefficient (Wildman–Crippen LogP) is 3.70. The van der Waals surface area contributed by atoms with Gasteiger partial charge in [-0.3, -0.25) is 9.37 Å². The minimum Gasteiger partial charge on any atom is -0.326 e. The number of benzene rings is 1. The Morgan fingerprint density at radius 3 is 2.14 bits per heavy atom. The van der Waals surface area contributed by atoms with Crippen LogP contribution in [0.15, 0.2) is 24.3 Å². The smallest absolute Gasteiger partial charge is 0.246 e. The molecule has 2 rings (SSSR count). The first-order chi connectivity index (χ1) is 10.5. The van der Waals surface area contributed by atoms with E-state index in [2.05, 4.69) is 10.6 Å². The maximum absolute atomic E-state index is 12.1. The van der Waals surface area contributed by atoms with Crippen molar-refractivity contribution in [2.45, 2.75) is 45.4 Å². The summed E-state index contributed by atoms with van der Waals surface area (Å²) in [5.41, 5.74) is 1.89. The number of rotatable bonds is 4. The highest BCUT2D eigenvalue weighted by Gasteiger charge is 2.17. The van der Waals surface area contributed by atoms with Crippen molar-refractivity contribution in [1.29, 1.82) is 0 Å². The van der Waals surface area contributed by atoms with Gasteiger partial charge in [-0.1, -0.05) is 19.3 Å². The minimum atomic E-state index is 0.142. The van der Waals surface area contributed by atoms with Gasteiger partial charge in [0.2, 0.25) is 11.7 Å². The van der Waals surface area contributed by atoms with Crippen LogP contribution in [0.4, 0.5) is 11.4 Å². The monoisotopic (exact) mass is 302 g/mol. The van der Waals surface area contributed by atoms with E-state index in [0.717, 1.165) is 17.2 Å². The fraction of sp³-hybridized carbons (Fsp3) is 0.556. The zero-order valence-electron chi connectivity index (χ0n) is 14.0. The molecule has 1 amide bonds. The van der Waals surface area contributed by atoms with E-state index in [4.69, 9.17) is 0 Å². The maximum Gasteiger partial charge on any atom is 0.246 e. The molecule has 0 spiro atoms. The summed E-state index contributed by atoms with van der Waals surface area (Å²) in [6.07, 6.45) is 6.95. The van der Waals surface area contributed by atoms with Crippen LogP contribution in [0.2, 0.25) is 0 Å². The molecule has 1 aliphatic rings. The van der Waals surface area contributed by atoms with Crippen molar-refractivity contribution in [2.24, 2.45) is 5.92 Å². The predicted molar refractivity (Wildman–Crippen MR) is 92.7 cm³/mol. The van der Waals surface area contributed by atoms with Gasteiger partial charge in [-0.05, 0) is 43.0 Å². The molecule has 1 aliphatic carbocycles. The van der Waals surface area contributed by atoms with Crippen molar-refractivity contribution < 1.29 is 9.37 Å². The van der Waals surface area contributed by atoms with Gasteiger partial charge in [-0.15, -0.1) is 0 Å². The van der Waals surface area contributed by atoms with Gasteiger partial charge in [0.25, 0.3) is 0 Å². The Bertz CT molecular complexity index is 524. The second-order valence-corrected chi connectivity index (χ2v) is 6.44. The summed E-state index contributed by atoms with van der Waals surface area (Å²) in [7, 11) is 4.00. The Morgan fingerprint density at radius 2 is 1.59 bits per heavy atom. The SMILES string of the molecule is CC(Nc1ccc(NC(=O)CC2CCCCC2)cc1)=[N+](C)C. The highest BCUT2D eigenvalue weighted by Crippen LogP contribution is 2.26. The van der Waals surface area contributed by atoms with E-state index < -0.39 is 0 Å². The van der Waals surface area contributed by atoms with Gasteiger partial charge in [0.05, 0.1) is 14.1 Å². The van der Waals surface area contributed by atoms with Crippen LogP contribution in [0.1, 0.15) is 45.4 Å². The zero-order chi connectivity index (χ0) is 15.9. The number of amides is 1. The first-order valence-corrected chi connectivity index (χ1v) is 8.22. The molecule has 1 aromatic carbocycles. The topological polar surface area (TPSA) is 44.1 Å². The second kappa shape index (κ2) is 7.97. The first-order valence-electron chi connectivity index (χ1n) is 8.22. The Hall–Kier alpha value is -1.84. The number of nitrogens with one attached hydrogen (secondary N) is 2. The summed E-state index contributed by atoms with van der Waals surface area (Å²) >= 11 is 0. The van der Waals surface area contributed by atoms with Crippen LogP contribution in [-0.4, -0.2) is 30.4 Å². The molecule has 0 bridgehead atoms. The molecular formula is C18H28N3O+. The van der Waals surface area contributed by atoms with Gasteiger partial charge in [-0.25, -0.2) is 5.32 Å². The van der Waals surface area contributed by atoms with E-state index in [1.54, 1.807) is 0 Å². The van der Waals surface area contributed by atoms with Gasteiger partial charge in [0, 0.05) is 19.0 Å². The third-order valence-electron chi connectivity index (χ3n) is 4.36. The molecule has 4 heteroatoms. The number of carbonyl (C=O) groups is 1. The third kappa shape index (κ3) is 5.17. The molecule has 0 saturated heterocycles.